The van der Waals surface area contributed by atoms with E-state index in [1.54, 1.807) is 26.2 Å². The monoisotopic (exact) mass is 698 g/mol. The minimum atomic E-state index is -4.77. The molecule has 2 aliphatic rings. The van der Waals surface area contributed by atoms with Gasteiger partial charge in [0.15, 0.2) is 5.54 Å². The fourth-order valence-electron chi connectivity index (χ4n) is 6.92. The van der Waals surface area contributed by atoms with E-state index in [2.05, 4.69) is 4.90 Å². The molecule has 2 aliphatic heterocycles. The number of amides is 2. The average Bonchev–Trinajstić information content (AvgIpc) is 3.60. The van der Waals surface area contributed by atoms with Crippen LogP contribution in [-0.4, -0.2) is 107 Å². The first-order valence-electron chi connectivity index (χ1n) is 16.0. The van der Waals surface area contributed by atoms with Gasteiger partial charge in [0.1, 0.15) is 28.0 Å². The lowest BCUT2D eigenvalue weighted by Crippen LogP contribution is -2.59. The topological polar surface area (TPSA) is 129 Å². The standard InChI is InChI=1S/C35H43FN4O8S/c1-8-38(9-2)20-22-10-14-30(47-6)27(16-22)35(39-21-24(41)18-29(39)33(42)37(3)4)26-17-23(36)11-13-28(26)40(34(35)43)49(44,45)32-15-12-25(46-5)19-31(32)48-7/h10-17,19,24,29,41H,8-9,18,20-21H2,1-7H3/t24-,29+,35?/m1/s1. The summed E-state index contributed by atoms with van der Waals surface area (Å²) in [5.74, 6) is -1.68. The number of aliphatic hydroxyl groups excluding tert-OH is 1. The maximum atomic E-state index is 15.5. The van der Waals surface area contributed by atoms with E-state index in [-0.39, 0.29) is 46.2 Å². The molecule has 3 atom stereocenters. The highest BCUT2D eigenvalue weighted by atomic mass is 32.2. The van der Waals surface area contributed by atoms with Gasteiger partial charge in [-0.3, -0.25) is 19.4 Å². The zero-order valence-corrected chi connectivity index (χ0v) is 29.6. The van der Waals surface area contributed by atoms with Crippen molar-refractivity contribution in [3.05, 3.63) is 77.1 Å². The molecule has 49 heavy (non-hydrogen) atoms. The predicted molar refractivity (Wildman–Crippen MR) is 181 cm³/mol. The van der Waals surface area contributed by atoms with Gasteiger partial charge in [-0.15, -0.1) is 0 Å². The summed E-state index contributed by atoms with van der Waals surface area (Å²) in [4.78, 5) is 34.0. The third-order valence-corrected chi connectivity index (χ3v) is 11.1. The molecule has 12 nitrogen and oxygen atoms in total. The summed E-state index contributed by atoms with van der Waals surface area (Å²) >= 11 is 0. The number of aliphatic hydroxyl groups is 1. The Hall–Kier alpha value is -4.24. The number of benzene rings is 3. The second kappa shape index (κ2) is 13.9. The van der Waals surface area contributed by atoms with Crippen LogP contribution in [0.15, 0.2) is 59.5 Å². The number of sulfonamides is 1. The van der Waals surface area contributed by atoms with Gasteiger partial charge >= 0.3 is 0 Å². The molecule has 264 valence electrons. The van der Waals surface area contributed by atoms with E-state index in [0.29, 0.717) is 16.6 Å². The minimum Gasteiger partial charge on any atom is -0.497 e. The summed E-state index contributed by atoms with van der Waals surface area (Å²) in [6.45, 7) is 5.81. The Morgan fingerprint density at radius 2 is 1.65 bits per heavy atom. The Morgan fingerprint density at radius 3 is 2.27 bits per heavy atom. The molecule has 1 saturated heterocycles. The molecule has 3 aromatic carbocycles. The first-order chi connectivity index (χ1) is 23.3. The first kappa shape index (κ1) is 36.1. The molecule has 3 aromatic rings. The fourth-order valence-corrected chi connectivity index (χ4v) is 8.52. The first-order valence-corrected chi connectivity index (χ1v) is 17.4. The smallest absolute Gasteiger partial charge is 0.274 e. The van der Waals surface area contributed by atoms with Crippen LogP contribution in [0, 0.1) is 5.82 Å². The molecule has 0 radical (unpaired) electrons. The SMILES string of the molecule is CCN(CC)Cc1ccc(OC)c(C2(N3C[C@H](O)C[C@H]3C(=O)N(C)C)C(=O)N(S(=O)(=O)c3ccc(OC)cc3OC)c3ccc(F)cc32)c1. The minimum absolute atomic E-state index is 0.0162. The molecule has 0 aliphatic carbocycles. The summed E-state index contributed by atoms with van der Waals surface area (Å²) < 4.78 is 62.2. The van der Waals surface area contributed by atoms with Crippen LogP contribution < -0.4 is 18.5 Å². The van der Waals surface area contributed by atoms with Crippen molar-refractivity contribution >= 4 is 27.5 Å². The number of rotatable bonds is 12. The van der Waals surface area contributed by atoms with Gasteiger partial charge in [-0.2, -0.15) is 0 Å². The van der Waals surface area contributed by atoms with E-state index in [1.165, 1.54) is 55.4 Å². The highest BCUT2D eigenvalue weighted by Gasteiger charge is 2.64. The molecular formula is C35H43FN4O8S. The molecule has 0 spiro atoms. The quantitative estimate of drug-likeness (QED) is 0.301. The molecule has 14 heteroatoms. The number of hydrogen-bond acceptors (Lipinski definition) is 10. The van der Waals surface area contributed by atoms with E-state index in [9.17, 15) is 18.3 Å². The van der Waals surface area contributed by atoms with Crippen molar-refractivity contribution in [1.82, 2.24) is 14.7 Å². The molecule has 1 N–H and O–H groups in total. The molecule has 1 unspecified atom stereocenters. The normalized spacial score (nSPS) is 20.9. The lowest BCUT2D eigenvalue weighted by atomic mass is 9.80. The van der Waals surface area contributed by atoms with Crippen LogP contribution in [0.25, 0.3) is 0 Å². The van der Waals surface area contributed by atoms with Crippen molar-refractivity contribution in [1.29, 1.82) is 0 Å². The zero-order chi connectivity index (χ0) is 35.8. The molecule has 0 aromatic heterocycles. The van der Waals surface area contributed by atoms with E-state index in [4.69, 9.17) is 14.2 Å². The number of methoxy groups -OCH3 is 3. The molecule has 2 heterocycles. The van der Waals surface area contributed by atoms with Crippen LogP contribution in [0.3, 0.4) is 0 Å². The second-order valence-electron chi connectivity index (χ2n) is 12.2. The summed E-state index contributed by atoms with van der Waals surface area (Å²) in [5.41, 5.74) is -1.28. The van der Waals surface area contributed by atoms with Gasteiger partial charge in [0.05, 0.1) is 39.2 Å². The molecule has 2 amide bonds. The van der Waals surface area contributed by atoms with Gasteiger partial charge in [-0.1, -0.05) is 19.9 Å². The van der Waals surface area contributed by atoms with Crippen LogP contribution in [-0.2, 0) is 31.7 Å². The number of ether oxygens (including phenoxy) is 3. The Morgan fingerprint density at radius 1 is 0.959 bits per heavy atom. The van der Waals surface area contributed by atoms with Gasteiger partial charge in [-0.25, -0.2) is 17.1 Å². The van der Waals surface area contributed by atoms with E-state index in [0.717, 1.165) is 30.8 Å². The van der Waals surface area contributed by atoms with Crippen LogP contribution >= 0.6 is 0 Å². The highest BCUT2D eigenvalue weighted by Crippen LogP contribution is 2.55. The molecular weight excluding hydrogens is 655 g/mol. The molecule has 1 fully saturated rings. The van der Waals surface area contributed by atoms with Crippen molar-refractivity contribution in [2.24, 2.45) is 0 Å². The summed E-state index contributed by atoms with van der Waals surface area (Å²) in [6.07, 6.45) is -1.11. The molecule has 0 bridgehead atoms. The van der Waals surface area contributed by atoms with Crippen LogP contribution in [0.5, 0.6) is 17.2 Å². The number of carbonyl (C=O) groups is 2. The van der Waals surface area contributed by atoms with Gasteiger partial charge in [0.25, 0.3) is 15.9 Å². The Labute approximate surface area is 286 Å². The summed E-state index contributed by atoms with van der Waals surface area (Å²) in [5, 5.41) is 11.1. The third-order valence-electron chi connectivity index (χ3n) is 9.34. The number of β-amino-alcohol motifs (C(OH)–C–C–N with tert-alkyl or cyclic N) is 1. The van der Waals surface area contributed by atoms with Crippen molar-refractivity contribution in [2.75, 3.05) is 59.4 Å². The predicted octanol–water partition coefficient (Wildman–Crippen LogP) is 3.20. The lowest BCUT2D eigenvalue weighted by Gasteiger charge is -2.42. The van der Waals surface area contributed by atoms with Gasteiger partial charge < -0.3 is 24.2 Å². The maximum absolute atomic E-state index is 15.5. The van der Waals surface area contributed by atoms with Crippen LogP contribution in [0.2, 0.25) is 0 Å². The Balaban J connectivity index is 1.88. The number of fused-ring (bicyclic) bond motifs is 1. The van der Waals surface area contributed by atoms with Gasteiger partial charge in [-0.05, 0) is 67.5 Å². The van der Waals surface area contributed by atoms with Crippen molar-refractivity contribution in [3.8, 4) is 17.2 Å². The van der Waals surface area contributed by atoms with E-state index in [1.807, 2.05) is 19.9 Å². The fraction of sp³-hybridized carbons (Fsp3) is 0.429. The Bertz CT molecular complexity index is 1850. The van der Waals surface area contributed by atoms with E-state index >= 15 is 9.18 Å². The number of anilines is 1. The average molecular weight is 699 g/mol. The summed E-state index contributed by atoms with van der Waals surface area (Å²) in [6, 6.07) is 11.7. The van der Waals surface area contributed by atoms with E-state index < -0.39 is 45.3 Å². The van der Waals surface area contributed by atoms with Crippen molar-refractivity contribution < 1.29 is 41.7 Å². The number of halogens is 1. The van der Waals surface area contributed by atoms with Crippen LogP contribution in [0.4, 0.5) is 10.1 Å². The number of likely N-dealkylation sites (N-methyl/N-ethyl adjacent to an activating group) is 1. The number of likely N-dealkylation sites (tertiary alicyclic amines) is 1. The lowest BCUT2D eigenvalue weighted by molar-refractivity contribution is -0.138. The third kappa shape index (κ3) is 6.00. The number of nitrogens with zero attached hydrogens (tertiary/aromatic N) is 4. The zero-order valence-electron chi connectivity index (χ0n) is 28.8. The van der Waals surface area contributed by atoms with Gasteiger partial charge in [0.2, 0.25) is 5.91 Å². The largest absolute Gasteiger partial charge is 0.497 e. The van der Waals surface area contributed by atoms with Crippen LogP contribution in [0.1, 0.15) is 37.0 Å². The number of hydrogen-bond donors (Lipinski definition) is 1. The molecule has 5 rings (SSSR count). The van der Waals surface area contributed by atoms with Crippen molar-refractivity contribution in [3.63, 3.8) is 0 Å². The van der Waals surface area contributed by atoms with Crippen molar-refractivity contribution in [2.45, 2.75) is 49.4 Å². The van der Waals surface area contributed by atoms with Gasteiger partial charge in [0, 0.05) is 44.4 Å². The number of carbonyl (C=O) groups excluding carboxylic acids is 2. The summed E-state index contributed by atoms with van der Waals surface area (Å²) in [7, 11) is 2.48. The Kier molecular flexibility index (Phi) is 10.3. The highest BCUT2D eigenvalue weighted by molar-refractivity contribution is 7.93. The molecule has 0 saturated carbocycles. The second-order valence-corrected chi connectivity index (χ2v) is 14.0. The maximum Gasteiger partial charge on any atom is 0.274 e.